The second-order valence-corrected chi connectivity index (χ2v) is 41.8. The van der Waals surface area contributed by atoms with Crippen molar-refractivity contribution in [3.05, 3.63) is 416 Å². The van der Waals surface area contributed by atoms with Crippen molar-refractivity contribution in [2.45, 2.75) is 131 Å². The molecule has 131 heavy (non-hydrogen) atoms. The summed E-state index contributed by atoms with van der Waals surface area (Å²) in [6.07, 6.45) is 0. The predicted octanol–water partition coefficient (Wildman–Crippen LogP) is 33.4. The number of hydrogen-bond donors (Lipinski definition) is 0. The molecule has 1 aromatic heterocycles. The highest BCUT2D eigenvalue weighted by atomic mass is 15.2. The molecule has 0 radical (unpaired) electrons. The summed E-state index contributed by atoms with van der Waals surface area (Å²) >= 11 is 0. The van der Waals surface area contributed by atoms with Crippen LogP contribution in [-0.4, -0.2) is 11.3 Å². The number of hydrogen-bond acceptors (Lipinski definition) is 3. The average Bonchev–Trinajstić information content (AvgIpc) is 1.22. The van der Waals surface area contributed by atoms with Crippen LogP contribution in [0.25, 0.3) is 138 Å². The number of rotatable bonds is 13. The van der Waals surface area contributed by atoms with E-state index < -0.39 is 0 Å². The molecule has 0 amide bonds. The van der Waals surface area contributed by atoms with Gasteiger partial charge in [-0.2, -0.15) is 0 Å². The van der Waals surface area contributed by atoms with Gasteiger partial charge in [0.25, 0.3) is 6.71 Å². The minimum atomic E-state index is -0.355. The molecule has 22 rings (SSSR count). The Hall–Kier alpha value is -14.5. The van der Waals surface area contributed by atoms with Crippen LogP contribution < -0.4 is 31.1 Å². The Morgan fingerprint density at radius 1 is 0.221 bits per heavy atom. The van der Waals surface area contributed by atoms with Crippen LogP contribution >= 0.6 is 0 Å². The zero-order chi connectivity index (χ0) is 89.9. The molecule has 0 fully saturated rings. The van der Waals surface area contributed by atoms with Crippen LogP contribution in [0.2, 0.25) is 0 Å². The largest absolute Gasteiger partial charge is 0.310 e. The first-order valence-electron chi connectivity index (χ1n) is 46.7. The van der Waals surface area contributed by atoms with Crippen molar-refractivity contribution in [2.75, 3.05) is 14.7 Å². The molecule has 20 aromatic rings. The van der Waals surface area contributed by atoms with E-state index in [1.54, 1.807) is 0 Å². The lowest BCUT2D eigenvalue weighted by Crippen LogP contribution is -2.61. The third-order valence-electron chi connectivity index (χ3n) is 28.0. The second-order valence-electron chi connectivity index (χ2n) is 41.8. The smallest absolute Gasteiger partial charge is 0.252 e. The van der Waals surface area contributed by atoms with Crippen molar-refractivity contribution in [1.82, 2.24) is 4.57 Å². The quantitative estimate of drug-likeness (QED) is 0.0845. The van der Waals surface area contributed by atoms with E-state index in [2.05, 4.69) is 511 Å². The van der Waals surface area contributed by atoms with Gasteiger partial charge in [-0.15, -0.1) is 0 Å². The highest BCUT2D eigenvalue weighted by Gasteiger charge is 2.47. The first-order valence-corrected chi connectivity index (χ1v) is 46.7. The van der Waals surface area contributed by atoms with Crippen LogP contribution in [0.15, 0.2) is 388 Å². The topological polar surface area (TPSA) is 14.7 Å². The summed E-state index contributed by atoms with van der Waals surface area (Å²) in [5.41, 5.74) is 38.2. The highest BCUT2D eigenvalue weighted by molar-refractivity contribution is 7.00. The van der Waals surface area contributed by atoms with Gasteiger partial charge in [-0.3, -0.25) is 0 Å². The molecule has 0 bridgehead atoms. The van der Waals surface area contributed by atoms with Crippen LogP contribution in [-0.2, 0) is 27.1 Å². The van der Waals surface area contributed by atoms with Crippen molar-refractivity contribution in [3.63, 3.8) is 0 Å². The SMILES string of the molecule is CC(C)(C)c1cc(-c2ccccc2)c(N2c3cc(-c4cc5ccc6cc(C(C)(C)C)cc7ccc(c4)c5c67)ccc3B3c4ccc(-n5c6ccc(C(C)(C)C)cc6c6cc(C(C)(C)C)ccc65)cc4N(c4c(-c5ccccc5)cc(C(C)(C)C)cc4-c4ccccc4)c4cc(N(c5ccc(-c6ccccc6)cc5)c5ccc(-c6ccccc6)cc5)cc2c43)c(-c2ccccc2)c1. The molecule has 19 aromatic carbocycles. The molecule has 0 atom stereocenters. The van der Waals surface area contributed by atoms with Crippen LogP contribution in [0.5, 0.6) is 0 Å². The second kappa shape index (κ2) is 31.1. The van der Waals surface area contributed by atoms with Gasteiger partial charge < -0.3 is 19.3 Å². The first kappa shape index (κ1) is 82.2. The number of benzene rings is 19. The fourth-order valence-corrected chi connectivity index (χ4v) is 20.8. The third kappa shape index (κ3) is 14.4. The molecule has 0 N–H and O–H groups in total. The summed E-state index contributed by atoms with van der Waals surface area (Å²) in [4.78, 5) is 8.06. The van der Waals surface area contributed by atoms with Crippen LogP contribution in [0, 0.1) is 0 Å². The van der Waals surface area contributed by atoms with Crippen molar-refractivity contribution in [3.8, 4) is 83.6 Å². The van der Waals surface area contributed by atoms with Crippen molar-refractivity contribution in [1.29, 1.82) is 0 Å². The van der Waals surface area contributed by atoms with E-state index in [9.17, 15) is 0 Å². The van der Waals surface area contributed by atoms with Gasteiger partial charge in [0.15, 0.2) is 0 Å². The molecular weight excluding hydrogens is 1580 g/mol. The zero-order valence-electron chi connectivity index (χ0n) is 77.8. The van der Waals surface area contributed by atoms with E-state index in [1.807, 2.05) is 0 Å². The number of aromatic nitrogens is 1. The Kier molecular flexibility index (Phi) is 19.5. The molecule has 2 aliphatic rings. The van der Waals surface area contributed by atoms with Gasteiger partial charge in [-0.25, -0.2) is 0 Å². The summed E-state index contributed by atoms with van der Waals surface area (Å²) in [7, 11) is 0. The molecule has 4 nitrogen and oxygen atoms in total. The van der Waals surface area contributed by atoms with E-state index >= 15 is 0 Å². The van der Waals surface area contributed by atoms with Crippen molar-refractivity contribution >= 4 is 128 Å². The van der Waals surface area contributed by atoms with E-state index in [-0.39, 0.29) is 33.8 Å². The molecule has 3 heterocycles. The maximum Gasteiger partial charge on any atom is 0.252 e. The lowest BCUT2D eigenvalue weighted by atomic mass is 9.33. The Morgan fingerprint density at radius 3 is 0.893 bits per heavy atom. The van der Waals surface area contributed by atoms with Gasteiger partial charge in [-0.1, -0.05) is 377 Å². The van der Waals surface area contributed by atoms with Gasteiger partial charge >= 0.3 is 0 Å². The molecule has 2 aliphatic heterocycles. The molecular formula is C126H109BN4. The molecule has 0 saturated heterocycles. The number of anilines is 9. The van der Waals surface area contributed by atoms with Gasteiger partial charge in [0.1, 0.15) is 0 Å². The van der Waals surface area contributed by atoms with Gasteiger partial charge in [-0.05, 0) is 274 Å². The normalized spacial score (nSPS) is 13.0. The van der Waals surface area contributed by atoms with E-state index in [0.717, 1.165) is 146 Å². The minimum absolute atomic E-state index is 0.0107. The lowest BCUT2D eigenvalue weighted by Gasteiger charge is -2.46. The fraction of sp³-hybridized carbons (Fsp3) is 0.159. The molecule has 636 valence electrons. The van der Waals surface area contributed by atoms with Crippen LogP contribution in [0.1, 0.15) is 132 Å². The third-order valence-corrected chi connectivity index (χ3v) is 28.0. The van der Waals surface area contributed by atoms with Gasteiger partial charge in [0.2, 0.25) is 0 Å². The Balaban J connectivity index is 0.926. The minimum Gasteiger partial charge on any atom is -0.310 e. The van der Waals surface area contributed by atoms with E-state index in [4.69, 9.17) is 0 Å². The predicted molar refractivity (Wildman–Crippen MR) is 565 cm³/mol. The Bertz CT molecular complexity index is 7510. The average molecular weight is 1690 g/mol. The number of fused-ring (bicyclic) bond motifs is 7. The van der Waals surface area contributed by atoms with Crippen molar-refractivity contribution < 1.29 is 0 Å². The zero-order valence-corrected chi connectivity index (χ0v) is 77.8. The van der Waals surface area contributed by atoms with Gasteiger partial charge in [0.05, 0.1) is 28.1 Å². The van der Waals surface area contributed by atoms with Crippen LogP contribution in [0.4, 0.5) is 51.2 Å². The maximum atomic E-state index is 2.76. The molecule has 5 heteroatoms. The highest BCUT2D eigenvalue weighted by Crippen LogP contribution is 2.58. The molecule has 0 unspecified atom stereocenters. The van der Waals surface area contributed by atoms with Gasteiger partial charge in [0, 0.05) is 72.8 Å². The fourth-order valence-electron chi connectivity index (χ4n) is 20.8. The maximum absolute atomic E-state index is 2.76. The lowest BCUT2D eigenvalue weighted by molar-refractivity contribution is 0.590. The summed E-state index contributed by atoms with van der Waals surface area (Å²) < 4.78 is 2.58. The van der Waals surface area contributed by atoms with E-state index in [1.165, 1.54) is 87.3 Å². The Labute approximate surface area is 772 Å². The van der Waals surface area contributed by atoms with Crippen LogP contribution in [0.3, 0.4) is 0 Å². The monoisotopic (exact) mass is 1690 g/mol. The summed E-state index contributed by atoms with van der Waals surface area (Å²) in [5, 5.41) is 10.1. The standard InChI is InChI=1S/C126H109BN4/c1-122(2,3)94-55-64-111-107(71-94)108-72-95(123(4,5)6)56-65-112(108)129(111)101-61-63-110-114(77-101)131(121-105(86-42-30-20-31-43-86)75-98(126(13,14)15)76-106(121)87-44-32-21-33-45-87)116-79-102(128(99-57-50-82(51-58-99)80-34-22-16-23-35-80)100-59-52-83(53-60-100)81-36-24-17-25-37-81)78-115-119(116)127(110)109-62-54-88(93-66-89-46-48-91-68-96(124(7,8)9)69-92-49-47-90(67-93)117(89)118(91)92)70-113(109)130(115)120-103(84-38-26-18-27-39-84)73-97(125(10,11)12)74-104(120)85-40-28-19-29-41-85/h16-79H,1-15H3. The summed E-state index contributed by atoms with van der Waals surface area (Å²) in [6, 6.07) is 150. The van der Waals surface area contributed by atoms with Crippen molar-refractivity contribution in [2.24, 2.45) is 0 Å². The first-order chi connectivity index (χ1) is 63.1. The molecule has 0 aliphatic carbocycles. The summed E-state index contributed by atoms with van der Waals surface area (Å²) in [6.45, 7) is 34.9. The number of nitrogens with zero attached hydrogens (tertiary/aromatic N) is 4. The molecule has 0 spiro atoms. The molecule has 0 saturated carbocycles. The Morgan fingerprint density at radius 2 is 0.534 bits per heavy atom. The van der Waals surface area contributed by atoms with E-state index in [0.29, 0.717) is 0 Å². The summed E-state index contributed by atoms with van der Waals surface area (Å²) in [5.74, 6) is 0.